The number of nitrogens with zero attached hydrogens (tertiary/aromatic N) is 3. The Morgan fingerprint density at radius 3 is 2.28 bits per heavy atom. The van der Waals surface area contributed by atoms with Gasteiger partial charge in [0.1, 0.15) is 0 Å². The highest BCUT2D eigenvalue weighted by Crippen LogP contribution is 2.16. The third-order valence-electron chi connectivity index (χ3n) is 2.37. The van der Waals surface area contributed by atoms with Gasteiger partial charge in [0.15, 0.2) is 0 Å². The highest BCUT2D eigenvalue weighted by Gasteiger charge is 2.10. The first kappa shape index (κ1) is 12.4. The molecule has 0 saturated carbocycles. The molecule has 18 heavy (non-hydrogen) atoms. The lowest BCUT2D eigenvalue weighted by molar-refractivity contribution is 0.547. The quantitative estimate of drug-likeness (QED) is 0.854. The van der Waals surface area contributed by atoms with Gasteiger partial charge in [0.2, 0.25) is 5.95 Å². The summed E-state index contributed by atoms with van der Waals surface area (Å²) in [5.74, 6) is 0.589. The molecule has 0 spiro atoms. The zero-order chi connectivity index (χ0) is 13.0. The Morgan fingerprint density at radius 1 is 1.11 bits per heavy atom. The minimum Gasteiger partial charge on any atom is -0.352 e. The minimum absolute atomic E-state index is 0.285. The number of nitrogens with two attached hydrogens (primary N) is 1. The summed E-state index contributed by atoms with van der Waals surface area (Å²) in [5, 5.41) is 3.10. The maximum atomic E-state index is 5.88. The Labute approximate surface area is 106 Å². The van der Waals surface area contributed by atoms with Crippen molar-refractivity contribution in [2.24, 2.45) is 5.73 Å². The smallest absolute Gasteiger partial charge is 0.222 e. The molecular formula is C13H17N5. The van der Waals surface area contributed by atoms with Crippen LogP contribution in [-0.4, -0.2) is 27.0 Å². The summed E-state index contributed by atoms with van der Waals surface area (Å²) in [4.78, 5) is 12.5. The topological polar surface area (TPSA) is 76.7 Å². The maximum Gasteiger partial charge on any atom is 0.222 e. The molecular weight excluding hydrogens is 226 g/mol. The summed E-state index contributed by atoms with van der Waals surface area (Å²) in [7, 11) is 0. The molecule has 2 heterocycles. The summed E-state index contributed by atoms with van der Waals surface area (Å²) in [6.07, 6.45) is 7.07. The summed E-state index contributed by atoms with van der Waals surface area (Å²) >= 11 is 0. The van der Waals surface area contributed by atoms with Crippen molar-refractivity contribution in [2.75, 3.05) is 11.9 Å². The molecule has 0 aliphatic carbocycles. The fraction of sp³-hybridized carbons (Fsp3) is 0.308. The van der Waals surface area contributed by atoms with Gasteiger partial charge in [-0.3, -0.25) is 4.98 Å². The molecule has 94 valence electrons. The summed E-state index contributed by atoms with van der Waals surface area (Å²) in [6, 6.07) is 3.85. The molecule has 0 unspecified atom stereocenters. The SMILES string of the molecule is CC(C)(N)CNc1ncc(-c2ccncc2)cn1. The Bertz CT molecular complexity index is 487. The standard InChI is InChI=1S/C13H17N5/c1-13(2,14)9-18-12-16-7-11(8-17-12)10-3-5-15-6-4-10/h3-8H,9,14H2,1-2H3,(H,16,17,18). The van der Waals surface area contributed by atoms with Gasteiger partial charge in [-0.2, -0.15) is 0 Å². The van der Waals surface area contributed by atoms with Crippen molar-refractivity contribution in [2.45, 2.75) is 19.4 Å². The van der Waals surface area contributed by atoms with Crippen LogP contribution < -0.4 is 11.1 Å². The molecule has 5 nitrogen and oxygen atoms in total. The first-order valence-electron chi connectivity index (χ1n) is 5.80. The lowest BCUT2D eigenvalue weighted by atomic mass is 10.1. The van der Waals surface area contributed by atoms with Crippen molar-refractivity contribution in [3.8, 4) is 11.1 Å². The molecule has 0 bridgehead atoms. The van der Waals surface area contributed by atoms with E-state index in [2.05, 4.69) is 20.3 Å². The normalized spacial score (nSPS) is 11.3. The predicted molar refractivity (Wildman–Crippen MR) is 72.0 cm³/mol. The largest absolute Gasteiger partial charge is 0.352 e. The van der Waals surface area contributed by atoms with Crippen LogP contribution in [0.1, 0.15) is 13.8 Å². The van der Waals surface area contributed by atoms with Crippen molar-refractivity contribution >= 4 is 5.95 Å². The Balaban J connectivity index is 2.07. The van der Waals surface area contributed by atoms with Crippen LogP contribution in [0.2, 0.25) is 0 Å². The first-order valence-corrected chi connectivity index (χ1v) is 5.80. The number of aromatic nitrogens is 3. The fourth-order valence-electron chi connectivity index (χ4n) is 1.42. The fourth-order valence-corrected chi connectivity index (χ4v) is 1.42. The highest BCUT2D eigenvalue weighted by molar-refractivity contribution is 5.61. The summed E-state index contributed by atoms with van der Waals surface area (Å²) < 4.78 is 0. The van der Waals surface area contributed by atoms with E-state index in [1.165, 1.54) is 0 Å². The molecule has 0 saturated heterocycles. The lowest BCUT2D eigenvalue weighted by Crippen LogP contribution is -2.39. The van der Waals surface area contributed by atoms with Crippen molar-refractivity contribution in [3.63, 3.8) is 0 Å². The second-order valence-corrected chi connectivity index (χ2v) is 4.87. The van der Waals surface area contributed by atoms with Crippen molar-refractivity contribution in [1.82, 2.24) is 15.0 Å². The van der Waals surface area contributed by atoms with Gasteiger partial charge in [-0.05, 0) is 31.5 Å². The average molecular weight is 243 g/mol. The average Bonchev–Trinajstić information content (AvgIpc) is 2.37. The second kappa shape index (κ2) is 5.10. The number of anilines is 1. The van der Waals surface area contributed by atoms with Crippen LogP contribution in [0, 0.1) is 0 Å². The van der Waals surface area contributed by atoms with E-state index in [1.807, 2.05) is 26.0 Å². The van der Waals surface area contributed by atoms with Gasteiger partial charge in [0.25, 0.3) is 0 Å². The molecule has 0 aliphatic rings. The van der Waals surface area contributed by atoms with Crippen molar-refractivity contribution in [1.29, 1.82) is 0 Å². The molecule has 0 atom stereocenters. The van der Waals surface area contributed by atoms with Crippen LogP contribution in [0.5, 0.6) is 0 Å². The van der Waals surface area contributed by atoms with Gasteiger partial charge < -0.3 is 11.1 Å². The molecule has 0 aromatic carbocycles. The van der Waals surface area contributed by atoms with Crippen molar-refractivity contribution < 1.29 is 0 Å². The Kier molecular flexibility index (Phi) is 3.53. The molecule has 2 aromatic heterocycles. The highest BCUT2D eigenvalue weighted by atomic mass is 15.1. The zero-order valence-electron chi connectivity index (χ0n) is 10.6. The van der Waals surface area contributed by atoms with Crippen LogP contribution in [0.15, 0.2) is 36.9 Å². The molecule has 2 aromatic rings. The van der Waals surface area contributed by atoms with E-state index in [1.54, 1.807) is 24.8 Å². The second-order valence-electron chi connectivity index (χ2n) is 4.87. The zero-order valence-corrected chi connectivity index (χ0v) is 10.6. The van der Waals surface area contributed by atoms with Crippen LogP contribution in [-0.2, 0) is 0 Å². The number of rotatable bonds is 4. The Morgan fingerprint density at radius 2 is 1.72 bits per heavy atom. The summed E-state index contributed by atoms with van der Waals surface area (Å²) in [6.45, 7) is 4.53. The minimum atomic E-state index is -0.285. The number of nitrogens with one attached hydrogen (secondary N) is 1. The van der Waals surface area contributed by atoms with Gasteiger partial charge in [-0.15, -0.1) is 0 Å². The van der Waals surface area contributed by atoms with Gasteiger partial charge in [-0.25, -0.2) is 9.97 Å². The van der Waals surface area contributed by atoms with Crippen LogP contribution >= 0.6 is 0 Å². The molecule has 5 heteroatoms. The number of pyridine rings is 1. The van der Waals surface area contributed by atoms with Crippen LogP contribution in [0.4, 0.5) is 5.95 Å². The van der Waals surface area contributed by atoms with Gasteiger partial charge in [0.05, 0.1) is 0 Å². The maximum absolute atomic E-state index is 5.88. The van der Waals surface area contributed by atoms with Gasteiger partial charge in [0, 0.05) is 42.4 Å². The van der Waals surface area contributed by atoms with E-state index in [-0.39, 0.29) is 5.54 Å². The van der Waals surface area contributed by atoms with E-state index in [0.29, 0.717) is 12.5 Å². The summed E-state index contributed by atoms with van der Waals surface area (Å²) in [5.41, 5.74) is 7.61. The third kappa shape index (κ3) is 3.49. The monoisotopic (exact) mass is 243 g/mol. The third-order valence-corrected chi connectivity index (χ3v) is 2.37. The predicted octanol–water partition coefficient (Wildman–Crippen LogP) is 1.69. The molecule has 0 aliphatic heterocycles. The first-order chi connectivity index (χ1) is 8.54. The number of hydrogen-bond acceptors (Lipinski definition) is 5. The molecule has 2 rings (SSSR count). The van der Waals surface area contributed by atoms with E-state index in [0.717, 1.165) is 11.1 Å². The van der Waals surface area contributed by atoms with Crippen LogP contribution in [0.25, 0.3) is 11.1 Å². The van der Waals surface area contributed by atoms with Crippen LogP contribution in [0.3, 0.4) is 0 Å². The molecule has 0 radical (unpaired) electrons. The van der Waals surface area contributed by atoms with E-state index >= 15 is 0 Å². The van der Waals surface area contributed by atoms with E-state index < -0.39 is 0 Å². The number of hydrogen-bond donors (Lipinski definition) is 2. The molecule has 0 fully saturated rings. The molecule has 3 N–H and O–H groups in total. The lowest BCUT2D eigenvalue weighted by Gasteiger charge is -2.18. The van der Waals surface area contributed by atoms with Crippen molar-refractivity contribution in [3.05, 3.63) is 36.9 Å². The van der Waals surface area contributed by atoms with Gasteiger partial charge >= 0.3 is 0 Å². The van der Waals surface area contributed by atoms with E-state index in [4.69, 9.17) is 5.73 Å². The Hall–Kier alpha value is -2.01. The van der Waals surface area contributed by atoms with E-state index in [9.17, 15) is 0 Å². The molecule has 0 amide bonds. The van der Waals surface area contributed by atoms with Gasteiger partial charge in [-0.1, -0.05) is 0 Å².